The van der Waals surface area contributed by atoms with E-state index in [1.54, 1.807) is 23.3 Å². The quantitative estimate of drug-likeness (QED) is 0.355. The standard InChI is InChI=1S/C27H30N10/c1-6-30-37(7-1)25-11-22(13-29-15-25)26-19-36(33-32-26)18-23-17-35-16-21(2-3-27(35)31-23)12-28-14-24-10-20-4-8-34(24)9-5-20/h1-3,6-7,11,13,15-17,19-20,24,28H,4-5,8-10,12,14,18H2. The van der Waals surface area contributed by atoms with Crippen molar-refractivity contribution in [1.82, 2.24) is 49.4 Å². The minimum Gasteiger partial charge on any atom is -0.311 e. The Hall–Kier alpha value is -3.89. The molecule has 5 aromatic rings. The zero-order valence-corrected chi connectivity index (χ0v) is 20.7. The number of imidazole rings is 1. The molecule has 0 aliphatic carbocycles. The van der Waals surface area contributed by atoms with E-state index in [4.69, 9.17) is 4.98 Å². The Kier molecular flexibility index (Phi) is 5.75. The van der Waals surface area contributed by atoms with E-state index >= 15 is 0 Å². The van der Waals surface area contributed by atoms with Crippen molar-refractivity contribution >= 4 is 5.65 Å². The molecule has 0 spiro atoms. The van der Waals surface area contributed by atoms with Crippen molar-refractivity contribution in [2.24, 2.45) is 5.92 Å². The van der Waals surface area contributed by atoms with Gasteiger partial charge < -0.3 is 9.72 Å². The smallest absolute Gasteiger partial charge is 0.137 e. The number of nitrogens with zero attached hydrogens (tertiary/aromatic N) is 9. The molecule has 8 rings (SSSR count). The first-order chi connectivity index (χ1) is 18.3. The van der Waals surface area contributed by atoms with Crippen LogP contribution in [0.5, 0.6) is 0 Å². The molecule has 1 unspecified atom stereocenters. The summed E-state index contributed by atoms with van der Waals surface area (Å²) in [5.74, 6) is 0.947. The van der Waals surface area contributed by atoms with Crippen molar-refractivity contribution < 1.29 is 0 Å². The Balaban J connectivity index is 1.00. The lowest BCUT2D eigenvalue weighted by molar-refractivity contribution is 0.0495. The van der Waals surface area contributed by atoms with Crippen molar-refractivity contribution in [3.8, 4) is 16.9 Å². The molecule has 3 aliphatic heterocycles. The average Bonchev–Trinajstić information content (AvgIpc) is 3.71. The maximum atomic E-state index is 4.78. The van der Waals surface area contributed by atoms with Crippen LogP contribution >= 0.6 is 0 Å². The average molecular weight is 495 g/mol. The molecule has 188 valence electrons. The van der Waals surface area contributed by atoms with Crippen LogP contribution in [0.3, 0.4) is 0 Å². The van der Waals surface area contributed by atoms with Crippen molar-refractivity contribution in [3.63, 3.8) is 0 Å². The molecule has 1 N–H and O–H groups in total. The van der Waals surface area contributed by atoms with Gasteiger partial charge >= 0.3 is 0 Å². The van der Waals surface area contributed by atoms with Crippen molar-refractivity contribution in [2.45, 2.75) is 38.4 Å². The number of pyridine rings is 2. The molecule has 0 amide bonds. The number of hydrogen-bond donors (Lipinski definition) is 1. The van der Waals surface area contributed by atoms with E-state index in [0.29, 0.717) is 12.6 Å². The number of fused-ring (bicyclic) bond motifs is 4. The molecule has 10 heteroatoms. The Morgan fingerprint density at radius 2 is 2.00 bits per heavy atom. The summed E-state index contributed by atoms with van der Waals surface area (Å²) in [6, 6.07) is 8.85. The van der Waals surface area contributed by atoms with Gasteiger partial charge in [0.05, 0.1) is 30.3 Å². The van der Waals surface area contributed by atoms with Crippen LogP contribution in [0.4, 0.5) is 0 Å². The van der Waals surface area contributed by atoms with Crippen LogP contribution in [0.1, 0.15) is 30.5 Å². The predicted octanol–water partition coefficient (Wildman–Crippen LogP) is 2.80. The SMILES string of the molecule is c1cnn(-c2cncc(-c3cn(Cc4cn5cc(CNCC6CC7CCN6CC7)ccc5n4)nn3)c2)c1. The van der Waals surface area contributed by atoms with E-state index in [0.717, 1.165) is 47.3 Å². The molecule has 1 atom stereocenters. The highest BCUT2D eigenvalue weighted by molar-refractivity contribution is 5.59. The molecule has 0 aromatic carbocycles. The van der Waals surface area contributed by atoms with Gasteiger partial charge in [0.1, 0.15) is 11.3 Å². The molecule has 2 bridgehead atoms. The maximum Gasteiger partial charge on any atom is 0.137 e. The number of aromatic nitrogens is 8. The largest absolute Gasteiger partial charge is 0.311 e. The summed E-state index contributed by atoms with van der Waals surface area (Å²) >= 11 is 0. The topological polar surface area (TPSA) is 94.0 Å². The molecule has 0 radical (unpaired) electrons. The van der Waals surface area contributed by atoms with Crippen molar-refractivity contribution in [1.29, 1.82) is 0 Å². The van der Waals surface area contributed by atoms with Crippen molar-refractivity contribution in [2.75, 3.05) is 19.6 Å². The van der Waals surface area contributed by atoms with Gasteiger partial charge in [-0.15, -0.1) is 5.10 Å². The van der Waals surface area contributed by atoms with Crippen LogP contribution in [0, 0.1) is 5.92 Å². The predicted molar refractivity (Wildman–Crippen MR) is 139 cm³/mol. The molecule has 8 heterocycles. The highest BCUT2D eigenvalue weighted by Crippen LogP contribution is 2.31. The summed E-state index contributed by atoms with van der Waals surface area (Å²) in [5.41, 5.74) is 5.68. The molecule has 0 saturated carbocycles. The first-order valence-electron chi connectivity index (χ1n) is 13.0. The van der Waals surface area contributed by atoms with Gasteiger partial charge in [-0.3, -0.25) is 9.88 Å². The number of hydrogen-bond acceptors (Lipinski definition) is 7. The van der Waals surface area contributed by atoms with Crippen molar-refractivity contribution in [3.05, 3.63) is 78.9 Å². The molecule has 10 nitrogen and oxygen atoms in total. The van der Waals surface area contributed by atoms with E-state index in [1.807, 2.05) is 29.2 Å². The normalized spacial score (nSPS) is 21.1. The van der Waals surface area contributed by atoms with E-state index in [9.17, 15) is 0 Å². The third-order valence-electron chi connectivity index (χ3n) is 7.69. The zero-order chi connectivity index (χ0) is 24.6. The van der Waals surface area contributed by atoms with Gasteiger partial charge in [-0.1, -0.05) is 11.3 Å². The summed E-state index contributed by atoms with van der Waals surface area (Å²) in [4.78, 5) is 11.8. The zero-order valence-electron chi connectivity index (χ0n) is 20.7. The van der Waals surface area contributed by atoms with Gasteiger partial charge in [-0.05, 0) is 62.0 Å². The highest BCUT2D eigenvalue weighted by Gasteiger charge is 2.32. The second kappa shape index (κ2) is 9.53. The number of rotatable bonds is 8. The third kappa shape index (κ3) is 4.65. The fraction of sp³-hybridized carbons (Fsp3) is 0.370. The molecular formula is C27H30N10. The number of piperidine rings is 3. The van der Waals surface area contributed by atoms with Gasteiger partial charge in [0.25, 0.3) is 0 Å². The number of nitrogens with one attached hydrogen (secondary N) is 1. The first kappa shape index (κ1) is 22.3. The monoisotopic (exact) mass is 494 g/mol. The van der Waals surface area contributed by atoms with Gasteiger partial charge in [-0.2, -0.15) is 5.10 Å². The fourth-order valence-electron chi connectivity index (χ4n) is 5.74. The van der Waals surface area contributed by atoms with E-state index in [1.165, 1.54) is 37.9 Å². The lowest BCUT2D eigenvalue weighted by atomic mass is 9.83. The molecule has 3 fully saturated rings. The Bertz CT molecular complexity index is 1490. The van der Waals surface area contributed by atoms with Gasteiger partial charge in [0.15, 0.2) is 0 Å². The molecule has 37 heavy (non-hydrogen) atoms. The van der Waals surface area contributed by atoms with E-state index in [-0.39, 0.29) is 0 Å². The molecule has 3 aliphatic rings. The van der Waals surface area contributed by atoms with Crippen LogP contribution in [0.15, 0.2) is 67.6 Å². The molecule has 3 saturated heterocycles. The van der Waals surface area contributed by atoms with Crippen LogP contribution in [0.2, 0.25) is 0 Å². The minimum atomic E-state index is 0.549. The third-order valence-corrected chi connectivity index (χ3v) is 7.69. The molecule has 5 aromatic heterocycles. The van der Waals surface area contributed by atoms with Crippen LogP contribution in [0.25, 0.3) is 22.6 Å². The Morgan fingerprint density at radius 1 is 1.05 bits per heavy atom. The lowest BCUT2D eigenvalue weighted by Crippen LogP contribution is -2.52. The first-order valence-corrected chi connectivity index (χ1v) is 13.0. The lowest BCUT2D eigenvalue weighted by Gasteiger charge is -2.45. The van der Waals surface area contributed by atoms with Gasteiger partial charge in [0, 0.05) is 55.7 Å². The summed E-state index contributed by atoms with van der Waals surface area (Å²) in [5, 5.41) is 16.6. The summed E-state index contributed by atoms with van der Waals surface area (Å²) in [6.07, 6.45) is 17.5. The second-order valence-electron chi connectivity index (χ2n) is 10.2. The van der Waals surface area contributed by atoms with Crippen LogP contribution in [-0.4, -0.2) is 69.7 Å². The van der Waals surface area contributed by atoms with Crippen LogP contribution in [-0.2, 0) is 13.1 Å². The van der Waals surface area contributed by atoms with Crippen LogP contribution < -0.4 is 5.32 Å². The van der Waals surface area contributed by atoms with Gasteiger partial charge in [-0.25, -0.2) is 14.3 Å². The van der Waals surface area contributed by atoms with Gasteiger partial charge in [0.2, 0.25) is 0 Å². The highest BCUT2D eigenvalue weighted by atomic mass is 15.4. The summed E-state index contributed by atoms with van der Waals surface area (Å²) in [7, 11) is 0. The summed E-state index contributed by atoms with van der Waals surface area (Å²) < 4.78 is 5.69. The Morgan fingerprint density at radius 3 is 2.84 bits per heavy atom. The second-order valence-corrected chi connectivity index (χ2v) is 10.2. The fourth-order valence-corrected chi connectivity index (χ4v) is 5.74. The Labute approximate surface area is 215 Å². The maximum absolute atomic E-state index is 4.78. The van der Waals surface area contributed by atoms with E-state index in [2.05, 4.69) is 59.5 Å². The minimum absolute atomic E-state index is 0.549. The van der Waals surface area contributed by atoms with E-state index < -0.39 is 0 Å². The molecular weight excluding hydrogens is 464 g/mol. The summed E-state index contributed by atoms with van der Waals surface area (Å²) in [6.45, 7) is 5.05.